The first-order chi connectivity index (χ1) is 11.7. The first kappa shape index (κ1) is 17.0. The maximum absolute atomic E-state index is 12.4. The minimum atomic E-state index is 0.286. The molecule has 0 unspecified atom stereocenters. The summed E-state index contributed by atoms with van der Waals surface area (Å²) >= 11 is 0. The number of nitrogens with one attached hydrogen (secondary N) is 1. The van der Waals surface area contributed by atoms with Gasteiger partial charge in [-0.1, -0.05) is 25.1 Å². The van der Waals surface area contributed by atoms with Gasteiger partial charge in [-0.05, 0) is 49.9 Å². The second kappa shape index (κ2) is 7.84. The lowest BCUT2D eigenvalue weighted by atomic mass is 9.97. The van der Waals surface area contributed by atoms with Gasteiger partial charge >= 0.3 is 0 Å². The lowest BCUT2D eigenvalue weighted by Crippen LogP contribution is -2.40. The highest BCUT2D eigenvalue weighted by Gasteiger charge is 2.20. The molecule has 1 N–H and O–H groups in total. The quantitative estimate of drug-likeness (QED) is 0.886. The molecule has 1 saturated heterocycles. The molecule has 1 aromatic heterocycles. The zero-order valence-corrected chi connectivity index (χ0v) is 14.9. The number of hydrogen-bond donors (Lipinski definition) is 1. The predicted octanol–water partition coefficient (Wildman–Crippen LogP) is 2.96. The number of amides is 1. The van der Waals surface area contributed by atoms with Crippen LogP contribution in [0.4, 0.5) is 0 Å². The Morgan fingerprint density at radius 3 is 2.79 bits per heavy atom. The number of benzene rings is 1. The number of piperidine rings is 1. The predicted molar refractivity (Wildman–Crippen MR) is 99.1 cm³/mol. The highest BCUT2D eigenvalue weighted by Crippen LogP contribution is 2.21. The molecular weight excluding hydrogens is 298 g/mol. The van der Waals surface area contributed by atoms with Crippen molar-refractivity contribution in [3.05, 3.63) is 36.0 Å². The summed E-state index contributed by atoms with van der Waals surface area (Å²) < 4.78 is 2.18. The molecule has 2 heterocycles. The molecule has 24 heavy (non-hydrogen) atoms. The van der Waals surface area contributed by atoms with Gasteiger partial charge in [0.15, 0.2) is 0 Å². The van der Waals surface area contributed by atoms with Crippen molar-refractivity contribution in [2.45, 2.75) is 32.6 Å². The summed E-state index contributed by atoms with van der Waals surface area (Å²) in [6.45, 7) is 5.88. The number of rotatable bonds is 6. The fourth-order valence-electron chi connectivity index (χ4n) is 3.80. The van der Waals surface area contributed by atoms with Crippen LogP contribution < -0.4 is 5.32 Å². The molecule has 1 aliphatic rings. The Morgan fingerprint density at radius 2 is 2.04 bits per heavy atom. The Bertz CT molecular complexity index is 685. The Kier molecular flexibility index (Phi) is 5.56. The molecule has 130 valence electrons. The van der Waals surface area contributed by atoms with Gasteiger partial charge in [0.1, 0.15) is 0 Å². The van der Waals surface area contributed by atoms with E-state index >= 15 is 0 Å². The van der Waals surface area contributed by atoms with Crippen molar-refractivity contribution in [2.75, 3.05) is 26.2 Å². The molecule has 2 aromatic rings. The van der Waals surface area contributed by atoms with Gasteiger partial charge in [0, 0.05) is 43.7 Å². The molecule has 1 aromatic carbocycles. The zero-order valence-electron chi connectivity index (χ0n) is 14.9. The molecule has 0 atom stereocenters. The highest BCUT2D eigenvalue weighted by molar-refractivity contribution is 5.84. The molecule has 0 bridgehead atoms. The van der Waals surface area contributed by atoms with Crippen molar-refractivity contribution in [3.8, 4) is 0 Å². The number of hydrogen-bond acceptors (Lipinski definition) is 2. The number of fused-ring (bicyclic) bond motifs is 1. The van der Waals surface area contributed by atoms with E-state index in [1.165, 1.54) is 29.3 Å². The van der Waals surface area contributed by atoms with E-state index < -0.39 is 0 Å². The van der Waals surface area contributed by atoms with Gasteiger partial charge in [-0.15, -0.1) is 0 Å². The highest BCUT2D eigenvalue weighted by atomic mass is 16.2. The Balaban J connectivity index is 1.69. The van der Waals surface area contributed by atoms with E-state index in [4.69, 9.17) is 0 Å². The van der Waals surface area contributed by atoms with Gasteiger partial charge in [-0.2, -0.15) is 0 Å². The van der Waals surface area contributed by atoms with Crippen molar-refractivity contribution < 1.29 is 4.79 Å². The summed E-state index contributed by atoms with van der Waals surface area (Å²) in [5.74, 6) is 0.933. The third kappa shape index (κ3) is 3.81. The lowest BCUT2D eigenvalue weighted by molar-refractivity contribution is -0.131. The van der Waals surface area contributed by atoms with Crippen molar-refractivity contribution in [3.63, 3.8) is 0 Å². The fourth-order valence-corrected chi connectivity index (χ4v) is 3.80. The number of para-hydroxylation sites is 1. The third-order valence-electron chi connectivity index (χ3n) is 5.22. The third-order valence-corrected chi connectivity index (χ3v) is 5.22. The van der Waals surface area contributed by atoms with Crippen molar-refractivity contribution in [2.24, 2.45) is 13.0 Å². The van der Waals surface area contributed by atoms with E-state index in [2.05, 4.69) is 52.3 Å². The number of carbonyl (C=O) groups is 1. The summed E-state index contributed by atoms with van der Waals surface area (Å²) in [7, 11) is 2.09. The molecule has 0 spiro atoms. The molecule has 4 heteroatoms. The molecule has 0 radical (unpaired) electrons. The Morgan fingerprint density at radius 1 is 1.29 bits per heavy atom. The van der Waals surface area contributed by atoms with Crippen LogP contribution in [0.5, 0.6) is 0 Å². The van der Waals surface area contributed by atoms with Crippen molar-refractivity contribution in [1.29, 1.82) is 0 Å². The van der Waals surface area contributed by atoms with E-state index in [0.29, 0.717) is 12.3 Å². The summed E-state index contributed by atoms with van der Waals surface area (Å²) in [6.07, 6.45) is 6.10. The van der Waals surface area contributed by atoms with Crippen LogP contribution in [0.1, 0.15) is 31.7 Å². The first-order valence-corrected chi connectivity index (χ1v) is 9.20. The maximum atomic E-state index is 12.4. The van der Waals surface area contributed by atoms with E-state index in [9.17, 15) is 4.79 Å². The minimum absolute atomic E-state index is 0.286. The SMILES string of the molecule is CCC(=O)N(CCc1cn(C)c2ccccc12)CC1CCNCC1. The smallest absolute Gasteiger partial charge is 0.222 e. The van der Waals surface area contributed by atoms with E-state index in [1.54, 1.807) is 0 Å². The molecule has 4 nitrogen and oxygen atoms in total. The zero-order chi connectivity index (χ0) is 16.9. The van der Waals surface area contributed by atoms with Gasteiger partial charge < -0.3 is 14.8 Å². The van der Waals surface area contributed by atoms with Crippen LogP contribution in [-0.2, 0) is 18.3 Å². The van der Waals surface area contributed by atoms with Crippen LogP contribution in [0.25, 0.3) is 10.9 Å². The Hall–Kier alpha value is -1.81. The fraction of sp³-hybridized carbons (Fsp3) is 0.550. The van der Waals surface area contributed by atoms with Gasteiger partial charge in [-0.25, -0.2) is 0 Å². The first-order valence-electron chi connectivity index (χ1n) is 9.20. The maximum Gasteiger partial charge on any atom is 0.222 e. The number of nitrogens with zero attached hydrogens (tertiary/aromatic N) is 2. The van der Waals surface area contributed by atoms with Crippen molar-refractivity contribution >= 4 is 16.8 Å². The second-order valence-electron chi connectivity index (χ2n) is 6.92. The number of aryl methyl sites for hydroxylation is 1. The van der Waals surface area contributed by atoms with Gasteiger partial charge in [0.2, 0.25) is 5.91 Å². The summed E-state index contributed by atoms with van der Waals surface area (Å²) in [6, 6.07) is 8.51. The monoisotopic (exact) mass is 327 g/mol. The van der Waals surface area contributed by atoms with E-state index in [1.807, 2.05) is 6.92 Å². The van der Waals surface area contributed by atoms with Crippen LogP contribution in [0.3, 0.4) is 0 Å². The summed E-state index contributed by atoms with van der Waals surface area (Å²) in [5.41, 5.74) is 2.60. The standard InChI is InChI=1S/C20H29N3O/c1-3-20(24)23(14-16-8-11-21-12-9-16)13-10-17-15-22(2)19-7-5-4-6-18(17)19/h4-7,15-16,21H,3,8-14H2,1-2H3. The van der Waals surface area contributed by atoms with Gasteiger partial charge in [0.25, 0.3) is 0 Å². The minimum Gasteiger partial charge on any atom is -0.350 e. The summed E-state index contributed by atoms with van der Waals surface area (Å²) in [4.78, 5) is 14.5. The lowest BCUT2D eigenvalue weighted by Gasteiger charge is -2.30. The van der Waals surface area contributed by atoms with Crippen molar-refractivity contribution in [1.82, 2.24) is 14.8 Å². The van der Waals surface area contributed by atoms with Crippen LogP contribution in [0.2, 0.25) is 0 Å². The number of carbonyl (C=O) groups excluding carboxylic acids is 1. The largest absolute Gasteiger partial charge is 0.350 e. The molecule has 1 fully saturated rings. The molecule has 1 aliphatic heterocycles. The average Bonchev–Trinajstić information content (AvgIpc) is 2.95. The second-order valence-corrected chi connectivity index (χ2v) is 6.92. The summed E-state index contributed by atoms with van der Waals surface area (Å²) in [5, 5.41) is 4.72. The molecule has 0 saturated carbocycles. The molecular formula is C20H29N3O. The Labute approximate surface area is 144 Å². The number of aromatic nitrogens is 1. The van der Waals surface area contributed by atoms with E-state index in [0.717, 1.165) is 32.6 Å². The van der Waals surface area contributed by atoms with Gasteiger partial charge in [0.05, 0.1) is 0 Å². The van der Waals surface area contributed by atoms with Crippen LogP contribution >= 0.6 is 0 Å². The molecule has 3 rings (SSSR count). The average molecular weight is 327 g/mol. The van der Waals surface area contributed by atoms with Gasteiger partial charge in [-0.3, -0.25) is 4.79 Å². The molecule has 1 amide bonds. The van der Waals surface area contributed by atoms with Crippen LogP contribution in [-0.4, -0.2) is 41.6 Å². The van der Waals surface area contributed by atoms with E-state index in [-0.39, 0.29) is 5.91 Å². The molecule has 0 aliphatic carbocycles. The normalized spacial score (nSPS) is 15.8. The van der Waals surface area contributed by atoms with Crippen LogP contribution in [0, 0.1) is 5.92 Å². The van der Waals surface area contributed by atoms with Crippen LogP contribution in [0.15, 0.2) is 30.5 Å². The topological polar surface area (TPSA) is 37.3 Å².